The van der Waals surface area contributed by atoms with Gasteiger partial charge in [-0.2, -0.15) is 0 Å². The van der Waals surface area contributed by atoms with E-state index in [1.165, 1.54) is 6.92 Å². The Morgan fingerprint density at radius 3 is 2.72 bits per heavy atom. The van der Waals surface area contributed by atoms with Crippen LogP contribution in [-0.4, -0.2) is 48.6 Å². The summed E-state index contributed by atoms with van der Waals surface area (Å²) in [4.78, 5) is 24.8. The molecule has 0 aromatic carbocycles. The predicted octanol–water partition coefficient (Wildman–Crippen LogP) is 0.929. The van der Waals surface area contributed by atoms with Crippen LogP contribution in [0.3, 0.4) is 0 Å². The molecule has 0 aromatic heterocycles. The summed E-state index contributed by atoms with van der Waals surface area (Å²) in [5.74, 6) is -0.169. The van der Waals surface area contributed by atoms with Crippen molar-refractivity contribution in [1.29, 1.82) is 0 Å². The highest BCUT2D eigenvalue weighted by Gasteiger charge is 2.20. The van der Waals surface area contributed by atoms with E-state index in [1.807, 2.05) is 13.8 Å². The molecule has 0 bridgehead atoms. The molecule has 104 valence electrons. The molecule has 18 heavy (non-hydrogen) atoms. The smallest absolute Gasteiger partial charge is 0.239 e. The lowest BCUT2D eigenvalue weighted by molar-refractivity contribution is -0.136. The van der Waals surface area contributed by atoms with Crippen molar-refractivity contribution in [2.75, 3.05) is 19.7 Å². The summed E-state index contributed by atoms with van der Waals surface area (Å²) in [6.45, 7) is 6.92. The van der Waals surface area contributed by atoms with E-state index >= 15 is 0 Å². The predicted molar refractivity (Wildman–Crippen MR) is 69.1 cm³/mol. The summed E-state index contributed by atoms with van der Waals surface area (Å²) in [7, 11) is 0. The normalized spacial score (nSPS) is 20.5. The fourth-order valence-electron chi connectivity index (χ4n) is 2.04. The van der Waals surface area contributed by atoms with Gasteiger partial charge >= 0.3 is 0 Å². The molecule has 2 unspecified atom stereocenters. The Kier molecular flexibility index (Phi) is 6.12. The number of rotatable bonds is 6. The molecule has 1 saturated heterocycles. The third-order valence-electron chi connectivity index (χ3n) is 3.39. The van der Waals surface area contributed by atoms with Crippen LogP contribution in [0.15, 0.2) is 0 Å². The van der Waals surface area contributed by atoms with E-state index in [2.05, 4.69) is 5.32 Å². The van der Waals surface area contributed by atoms with Gasteiger partial charge in [0.1, 0.15) is 0 Å². The van der Waals surface area contributed by atoms with Gasteiger partial charge in [-0.05, 0) is 26.2 Å². The summed E-state index contributed by atoms with van der Waals surface area (Å²) < 4.78 is 5.43. The second-order valence-corrected chi connectivity index (χ2v) is 4.84. The minimum atomic E-state index is -0.110. The molecule has 0 aliphatic carbocycles. The van der Waals surface area contributed by atoms with Gasteiger partial charge in [0.25, 0.3) is 0 Å². The monoisotopic (exact) mass is 256 g/mol. The standard InChI is InChI=1S/C13H24N2O3/c1-4-10(2)15(11(3)16)9-13(17)14-8-12-6-5-7-18-12/h10,12H,4-9H2,1-3H3,(H,14,17). The highest BCUT2D eigenvalue weighted by molar-refractivity contribution is 5.83. The summed E-state index contributed by atoms with van der Waals surface area (Å²) >= 11 is 0. The van der Waals surface area contributed by atoms with Crippen LogP contribution in [0.1, 0.15) is 40.0 Å². The van der Waals surface area contributed by atoms with Gasteiger partial charge in [0.05, 0.1) is 12.6 Å². The lowest BCUT2D eigenvalue weighted by atomic mass is 10.2. The molecule has 2 amide bonds. The van der Waals surface area contributed by atoms with Gasteiger partial charge < -0.3 is 15.0 Å². The summed E-state index contributed by atoms with van der Waals surface area (Å²) in [5.41, 5.74) is 0. The van der Waals surface area contributed by atoms with Crippen LogP contribution in [-0.2, 0) is 14.3 Å². The molecule has 5 nitrogen and oxygen atoms in total. The van der Waals surface area contributed by atoms with E-state index in [1.54, 1.807) is 4.90 Å². The van der Waals surface area contributed by atoms with Crippen molar-refractivity contribution in [2.24, 2.45) is 0 Å². The van der Waals surface area contributed by atoms with Crippen molar-refractivity contribution < 1.29 is 14.3 Å². The van der Waals surface area contributed by atoms with Gasteiger partial charge in [-0.25, -0.2) is 0 Å². The van der Waals surface area contributed by atoms with Crippen molar-refractivity contribution in [3.05, 3.63) is 0 Å². The molecular formula is C13H24N2O3. The highest BCUT2D eigenvalue weighted by Crippen LogP contribution is 2.10. The van der Waals surface area contributed by atoms with Crippen LogP contribution in [0.25, 0.3) is 0 Å². The number of nitrogens with zero attached hydrogens (tertiary/aromatic N) is 1. The molecule has 1 heterocycles. The minimum absolute atomic E-state index is 0.0587. The van der Waals surface area contributed by atoms with Crippen molar-refractivity contribution in [2.45, 2.75) is 52.2 Å². The van der Waals surface area contributed by atoms with Crippen LogP contribution < -0.4 is 5.32 Å². The number of ether oxygens (including phenoxy) is 1. The topological polar surface area (TPSA) is 58.6 Å². The van der Waals surface area contributed by atoms with Gasteiger partial charge in [0, 0.05) is 26.1 Å². The first kappa shape index (κ1) is 15.0. The highest BCUT2D eigenvalue weighted by atomic mass is 16.5. The quantitative estimate of drug-likeness (QED) is 0.769. The Morgan fingerprint density at radius 2 is 2.22 bits per heavy atom. The van der Waals surface area contributed by atoms with Crippen LogP contribution >= 0.6 is 0 Å². The molecular weight excluding hydrogens is 232 g/mol. The molecule has 0 aromatic rings. The van der Waals surface area contributed by atoms with E-state index in [4.69, 9.17) is 4.74 Å². The fourth-order valence-corrected chi connectivity index (χ4v) is 2.04. The summed E-state index contributed by atoms with van der Waals surface area (Å²) in [6, 6.07) is 0.0935. The first-order valence-electron chi connectivity index (χ1n) is 6.70. The van der Waals surface area contributed by atoms with E-state index < -0.39 is 0 Å². The Labute approximate surface area is 109 Å². The Hall–Kier alpha value is -1.10. The number of carbonyl (C=O) groups is 2. The minimum Gasteiger partial charge on any atom is -0.376 e. The number of hydrogen-bond acceptors (Lipinski definition) is 3. The second kappa shape index (κ2) is 7.36. The van der Waals surface area contributed by atoms with Crippen molar-refractivity contribution in [3.8, 4) is 0 Å². The zero-order valence-electron chi connectivity index (χ0n) is 11.6. The SMILES string of the molecule is CCC(C)N(CC(=O)NCC1CCCO1)C(C)=O. The molecule has 1 fully saturated rings. The van der Waals surface area contributed by atoms with Crippen molar-refractivity contribution >= 4 is 11.8 Å². The third-order valence-corrected chi connectivity index (χ3v) is 3.39. The maximum absolute atomic E-state index is 11.8. The van der Waals surface area contributed by atoms with Crippen LogP contribution in [0.5, 0.6) is 0 Å². The van der Waals surface area contributed by atoms with Gasteiger partial charge in [0.2, 0.25) is 11.8 Å². The van der Waals surface area contributed by atoms with Crippen LogP contribution in [0, 0.1) is 0 Å². The maximum Gasteiger partial charge on any atom is 0.239 e. The zero-order chi connectivity index (χ0) is 13.5. The Balaban J connectivity index is 2.33. The Bertz CT molecular complexity index is 288. The molecule has 1 aliphatic rings. The molecule has 1 rings (SSSR count). The van der Waals surface area contributed by atoms with E-state index in [9.17, 15) is 9.59 Å². The van der Waals surface area contributed by atoms with Gasteiger partial charge in [-0.15, -0.1) is 0 Å². The molecule has 0 saturated carbocycles. The van der Waals surface area contributed by atoms with Crippen molar-refractivity contribution in [3.63, 3.8) is 0 Å². The molecule has 2 atom stereocenters. The maximum atomic E-state index is 11.8. The molecule has 0 radical (unpaired) electrons. The largest absolute Gasteiger partial charge is 0.376 e. The number of amides is 2. The van der Waals surface area contributed by atoms with Crippen LogP contribution in [0.4, 0.5) is 0 Å². The van der Waals surface area contributed by atoms with Crippen LogP contribution in [0.2, 0.25) is 0 Å². The zero-order valence-corrected chi connectivity index (χ0v) is 11.6. The van der Waals surface area contributed by atoms with E-state index in [0.717, 1.165) is 25.9 Å². The average molecular weight is 256 g/mol. The average Bonchev–Trinajstić information content (AvgIpc) is 2.85. The molecule has 1 N–H and O–H groups in total. The number of carbonyl (C=O) groups excluding carboxylic acids is 2. The van der Waals surface area contributed by atoms with Gasteiger partial charge in [-0.1, -0.05) is 6.92 Å². The fraction of sp³-hybridized carbons (Fsp3) is 0.846. The van der Waals surface area contributed by atoms with Gasteiger partial charge in [0.15, 0.2) is 0 Å². The molecule has 0 spiro atoms. The molecule has 1 aliphatic heterocycles. The number of hydrogen-bond donors (Lipinski definition) is 1. The Morgan fingerprint density at radius 1 is 1.50 bits per heavy atom. The molecule has 5 heteroatoms. The lowest BCUT2D eigenvalue weighted by Gasteiger charge is -2.26. The van der Waals surface area contributed by atoms with E-state index in [0.29, 0.717) is 6.54 Å². The third kappa shape index (κ3) is 4.64. The summed E-state index contributed by atoms with van der Waals surface area (Å²) in [6.07, 6.45) is 3.05. The first-order chi connectivity index (χ1) is 8.54. The van der Waals surface area contributed by atoms with E-state index in [-0.39, 0.29) is 30.5 Å². The number of nitrogens with one attached hydrogen (secondary N) is 1. The van der Waals surface area contributed by atoms with Gasteiger partial charge in [-0.3, -0.25) is 9.59 Å². The lowest BCUT2D eigenvalue weighted by Crippen LogP contribution is -2.45. The van der Waals surface area contributed by atoms with Crippen molar-refractivity contribution in [1.82, 2.24) is 10.2 Å². The first-order valence-corrected chi connectivity index (χ1v) is 6.70. The second-order valence-electron chi connectivity index (χ2n) is 4.84. The summed E-state index contributed by atoms with van der Waals surface area (Å²) in [5, 5.41) is 2.83.